The van der Waals surface area contributed by atoms with E-state index in [4.69, 9.17) is 4.74 Å². The van der Waals surface area contributed by atoms with Gasteiger partial charge in [0.25, 0.3) is 0 Å². The first kappa shape index (κ1) is 14.5. The van der Waals surface area contributed by atoms with Crippen LogP contribution in [0.25, 0.3) is 0 Å². The second kappa shape index (κ2) is 6.49. The Morgan fingerprint density at radius 3 is 2.20 bits per heavy atom. The van der Waals surface area contributed by atoms with E-state index >= 15 is 0 Å². The Labute approximate surface area is 120 Å². The molecule has 0 amide bonds. The number of ether oxygens (including phenoxy) is 1. The van der Waals surface area contributed by atoms with Crippen molar-refractivity contribution in [1.82, 2.24) is 0 Å². The predicted molar refractivity (Wildman–Crippen MR) is 81.1 cm³/mol. The van der Waals surface area contributed by atoms with Crippen LogP contribution in [-0.4, -0.2) is 12.4 Å². The predicted octanol–water partition coefficient (Wildman–Crippen LogP) is 4.01. The molecule has 0 aliphatic rings. The van der Waals surface area contributed by atoms with E-state index in [0.29, 0.717) is 12.2 Å². The molecule has 0 bridgehead atoms. The largest absolute Gasteiger partial charge is 0.369 e. The van der Waals surface area contributed by atoms with Crippen LogP contribution in [0.5, 0.6) is 0 Å². The maximum Gasteiger partial charge on any atom is 0.188 e. The molecule has 0 N–H and O–H groups in total. The fourth-order valence-corrected chi connectivity index (χ4v) is 2.39. The van der Waals surface area contributed by atoms with Crippen LogP contribution in [0.3, 0.4) is 0 Å². The zero-order valence-corrected chi connectivity index (χ0v) is 12.3. The zero-order chi connectivity index (χ0) is 14.5. The number of carbonyl (C=O) groups excluding carboxylic acids is 1. The number of Topliss-reactive ketones (excluding diaryl/α,β-unsaturated/α-hetero) is 1. The quantitative estimate of drug-likeness (QED) is 0.766. The van der Waals surface area contributed by atoms with E-state index in [1.165, 1.54) is 22.3 Å². The summed E-state index contributed by atoms with van der Waals surface area (Å²) in [7, 11) is 0. The maximum absolute atomic E-state index is 11.9. The number of hydrogen-bond donors (Lipinski definition) is 0. The van der Waals surface area contributed by atoms with Gasteiger partial charge in [0, 0.05) is 5.56 Å². The molecule has 0 heterocycles. The Morgan fingerprint density at radius 2 is 1.60 bits per heavy atom. The van der Waals surface area contributed by atoms with Crippen LogP contribution >= 0.6 is 0 Å². The Hall–Kier alpha value is -1.93. The van der Waals surface area contributed by atoms with Crippen molar-refractivity contribution in [2.45, 2.75) is 27.4 Å². The number of aryl methyl sites for hydroxylation is 3. The fourth-order valence-electron chi connectivity index (χ4n) is 2.39. The molecule has 0 radical (unpaired) electrons. The molecule has 2 aromatic carbocycles. The van der Waals surface area contributed by atoms with E-state index in [9.17, 15) is 4.79 Å². The van der Waals surface area contributed by atoms with E-state index in [1.54, 1.807) is 0 Å². The summed E-state index contributed by atoms with van der Waals surface area (Å²) in [6.45, 7) is 6.85. The normalized spacial score (nSPS) is 10.6. The molecule has 0 aromatic heterocycles. The van der Waals surface area contributed by atoms with Gasteiger partial charge in [-0.1, -0.05) is 48.0 Å². The van der Waals surface area contributed by atoms with E-state index in [1.807, 2.05) is 30.3 Å². The number of benzene rings is 2. The number of hydrogen-bond acceptors (Lipinski definition) is 2. The van der Waals surface area contributed by atoms with Gasteiger partial charge in [0.15, 0.2) is 5.78 Å². The maximum atomic E-state index is 11.9. The number of carbonyl (C=O) groups is 1. The highest BCUT2D eigenvalue weighted by molar-refractivity contribution is 5.96. The van der Waals surface area contributed by atoms with E-state index < -0.39 is 0 Å². The lowest BCUT2D eigenvalue weighted by Gasteiger charge is -2.11. The topological polar surface area (TPSA) is 26.3 Å². The van der Waals surface area contributed by atoms with Crippen molar-refractivity contribution in [2.75, 3.05) is 6.61 Å². The molecule has 20 heavy (non-hydrogen) atoms. The van der Waals surface area contributed by atoms with Crippen molar-refractivity contribution in [3.63, 3.8) is 0 Å². The summed E-state index contributed by atoms with van der Waals surface area (Å²) in [4.78, 5) is 11.9. The van der Waals surface area contributed by atoms with Gasteiger partial charge in [-0.2, -0.15) is 0 Å². The van der Waals surface area contributed by atoms with Crippen molar-refractivity contribution in [3.8, 4) is 0 Å². The molecule has 0 unspecified atom stereocenters. The van der Waals surface area contributed by atoms with Crippen molar-refractivity contribution in [3.05, 3.63) is 70.3 Å². The molecule has 0 saturated heterocycles. The average Bonchev–Trinajstić information content (AvgIpc) is 2.42. The monoisotopic (exact) mass is 268 g/mol. The highest BCUT2D eigenvalue weighted by Crippen LogP contribution is 2.17. The van der Waals surface area contributed by atoms with Gasteiger partial charge in [-0.05, 0) is 37.5 Å². The smallest absolute Gasteiger partial charge is 0.188 e. The minimum atomic E-state index is 0.0213. The summed E-state index contributed by atoms with van der Waals surface area (Å²) in [6, 6.07) is 13.5. The summed E-state index contributed by atoms with van der Waals surface area (Å²) in [5.41, 5.74) is 5.56. The Balaban J connectivity index is 1.95. The van der Waals surface area contributed by atoms with Crippen LogP contribution in [0.15, 0.2) is 42.5 Å². The molecule has 2 aromatic rings. The van der Waals surface area contributed by atoms with Crippen LogP contribution in [-0.2, 0) is 11.3 Å². The summed E-state index contributed by atoms with van der Waals surface area (Å²) >= 11 is 0. The lowest BCUT2D eigenvalue weighted by molar-refractivity contribution is 0.0724. The molecule has 2 rings (SSSR count). The van der Waals surface area contributed by atoms with Gasteiger partial charge in [-0.25, -0.2) is 0 Å². The summed E-state index contributed by atoms with van der Waals surface area (Å²) in [5, 5.41) is 0. The van der Waals surface area contributed by atoms with Crippen LogP contribution in [0.2, 0.25) is 0 Å². The van der Waals surface area contributed by atoms with Gasteiger partial charge < -0.3 is 4.74 Å². The second-order valence-electron chi connectivity index (χ2n) is 5.16. The summed E-state index contributed by atoms with van der Waals surface area (Å²) in [6.07, 6.45) is 0. The first-order chi connectivity index (χ1) is 9.58. The molecule has 0 spiro atoms. The highest BCUT2D eigenvalue weighted by atomic mass is 16.5. The molecular weight excluding hydrogens is 248 g/mol. The zero-order valence-electron chi connectivity index (χ0n) is 12.3. The van der Waals surface area contributed by atoms with Gasteiger partial charge in [0.2, 0.25) is 0 Å². The van der Waals surface area contributed by atoms with Crippen LogP contribution in [0, 0.1) is 20.8 Å². The highest BCUT2D eigenvalue weighted by Gasteiger charge is 2.07. The Morgan fingerprint density at radius 1 is 1.00 bits per heavy atom. The first-order valence-electron chi connectivity index (χ1n) is 6.80. The molecule has 0 aliphatic heterocycles. The molecule has 2 heteroatoms. The number of ketones is 1. The fraction of sp³-hybridized carbons (Fsp3) is 0.278. The Bertz CT molecular complexity index is 577. The van der Waals surface area contributed by atoms with Crippen LogP contribution in [0.4, 0.5) is 0 Å². The van der Waals surface area contributed by atoms with E-state index in [-0.39, 0.29) is 12.4 Å². The van der Waals surface area contributed by atoms with Gasteiger partial charge in [0.05, 0.1) is 6.61 Å². The molecule has 0 saturated carbocycles. The first-order valence-corrected chi connectivity index (χ1v) is 6.80. The standard InChI is InChI=1S/C18H20O2/c1-13-9-14(2)17(15(3)10-13)11-20-12-18(19)16-7-5-4-6-8-16/h4-10H,11-12H2,1-3H3. The third-order valence-corrected chi connectivity index (χ3v) is 3.42. The van der Waals surface area contributed by atoms with Crippen molar-refractivity contribution in [1.29, 1.82) is 0 Å². The molecular formula is C18H20O2. The van der Waals surface area contributed by atoms with Crippen molar-refractivity contribution < 1.29 is 9.53 Å². The van der Waals surface area contributed by atoms with Crippen LogP contribution in [0.1, 0.15) is 32.6 Å². The summed E-state index contributed by atoms with van der Waals surface area (Å²) < 4.78 is 5.59. The van der Waals surface area contributed by atoms with Gasteiger partial charge in [-0.15, -0.1) is 0 Å². The lowest BCUT2D eigenvalue weighted by atomic mass is 10.0. The van der Waals surface area contributed by atoms with E-state index in [0.717, 1.165) is 0 Å². The van der Waals surface area contributed by atoms with E-state index in [2.05, 4.69) is 32.9 Å². The average molecular weight is 268 g/mol. The van der Waals surface area contributed by atoms with Gasteiger partial charge in [-0.3, -0.25) is 4.79 Å². The lowest BCUT2D eigenvalue weighted by Crippen LogP contribution is -2.10. The Kier molecular flexibility index (Phi) is 4.70. The SMILES string of the molecule is Cc1cc(C)c(COCC(=O)c2ccccc2)c(C)c1. The molecule has 0 aliphatic carbocycles. The third-order valence-electron chi connectivity index (χ3n) is 3.42. The van der Waals surface area contributed by atoms with Gasteiger partial charge >= 0.3 is 0 Å². The summed E-state index contributed by atoms with van der Waals surface area (Å²) in [5.74, 6) is 0.0213. The third kappa shape index (κ3) is 3.55. The van der Waals surface area contributed by atoms with Crippen molar-refractivity contribution >= 4 is 5.78 Å². The minimum absolute atomic E-state index is 0.0213. The number of rotatable bonds is 5. The molecule has 0 fully saturated rings. The van der Waals surface area contributed by atoms with Gasteiger partial charge in [0.1, 0.15) is 6.61 Å². The minimum Gasteiger partial charge on any atom is -0.369 e. The molecule has 104 valence electrons. The molecule has 2 nitrogen and oxygen atoms in total. The molecule has 0 atom stereocenters. The second-order valence-corrected chi connectivity index (χ2v) is 5.16. The van der Waals surface area contributed by atoms with Crippen LogP contribution < -0.4 is 0 Å². The van der Waals surface area contributed by atoms with Crippen molar-refractivity contribution in [2.24, 2.45) is 0 Å².